The standard InChI is InChI=1S/C18H24N2O2S/c1-5-20(14-15-10-12-19-13-11-15)23(21,22)17-8-6-16(7-9-17)18(2,3)4/h6-13H,5,14H2,1-4H3. The Morgan fingerprint density at radius 1 is 1.00 bits per heavy atom. The normalized spacial score (nSPS) is 12.6. The number of sulfonamides is 1. The van der Waals surface area contributed by atoms with E-state index in [1.807, 2.05) is 31.2 Å². The van der Waals surface area contributed by atoms with Gasteiger partial charge in [0, 0.05) is 25.5 Å². The van der Waals surface area contributed by atoms with Crippen molar-refractivity contribution in [1.29, 1.82) is 0 Å². The van der Waals surface area contributed by atoms with Crippen LogP contribution in [0.25, 0.3) is 0 Å². The molecular weight excluding hydrogens is 308 g/mol. The van der Waals surface area contributed by atoms with Gasteiger partial charge in [0.2, 0.25) is 10.0 Å². The predicted molar refractivity (Wildman–Crippen MR) is 92.6 cm³/mol. The molecule has 0 atom stereocenters. The summed E-state index contributed by atoms with van der Waals surface area (Å²) in [6.45, 7) is 8.95. The van der Waals surface area contributed by atoms with E-state index in [2.05, 4.69) is 25.8 Å². The fraction of sp³-hybridized carbons (Fsp3) is 0.389. The Morgan fingerprint density at radius 2 is 1.57 bits per heavy atom. The Balaban J connectivity index is 2.28. The van der Waals surface area contributed by atoms with Crippen LogP contribution in [0.5, 0.6) is 0 Å². The Morgan fingerprint density at radius 3 is 2.04 bits per heavy atom. The molecule has 0 spiro atoms. The summed E-state index contributed by atoms with van der Waals surface area (Å²) in [5.41, 5.74) is 2.05. The van der Waals surface area contributed by atoms with Gasteiger partial charge in [-0.3, -0.25) is 4.98 Å². The van der Waals surface area contributed by atoms with Crippen LogP contribution < -0.4 is 0 Å². The lowest BCUT2D eigenvalue weighted by Crippen LogP contribution is -2.30. The van der Waals surface area contributed by atoms with Crippen LogP contribution in [-0.2, 0) is 22.0 Å². The number of hydrogen-bond donors (Lipinski definition) is 0. The topological polar surface area (TPSA) is 50.3 Å². The van der Waals surface area contributed by atoms with Crippen LogP contribution in [0.15, 0.2) is 53.7 Å². The molecule has 0 aliphatic carbocycles. The minimum Gasteiger partial charge on any atom is -0.265 e. The molecular formula is C18H24N2O2S. The summed E-state index contributed by atoms with van der Waals surface area (Å²) in [5, 5.41) is 0. The lowest BCUT2D eigenvalue weighted by molar-refractivity contribution is 0.423. The van der Waals surface area contributed by atoms with E-state index in [1.165, 1.54) is 4.31 Å². The van der Waals surface area contributed by atoms with Crippen molar-refractivity contribution in [3.05, 3.63) is 59.9 Å². The van der Waals surface area contributed by atoms with E-state index in [-0.39, 0.29) is 5.41 Å². The van der Waals surface area contributed by atoms with Crippen molar-refractivity contribution >= 4 is 10.0 Å². The average molecular weight is 332 g/mol. The molecule has 0 saturated heterocycles. The molecule has 0 bridgehead atoms. The van der Waals surface area contributed by atoms with Gasteiger partial charge in [0.1, 0.15) is 0 Å². The van der Waals surface area contributed by atoms with Gasteiger partial charge in [-0.1, -0.05) is 39.8 Å². The van der Waals surface area contributed by atoms with Crippen molar-refractivity contribution in [2.75, 3.05) is 6.54 Å². The number of benzene rings is 1. The lowest BCUT2D eigenvalue weighted by Gasteiger charge is -2.22. The molecule has 124 valence electrons. The van der Waals surface area contributed by atoms with E-state index in [1.54, 1.807) is 24.5 Å². The summed E-state index contributed by atoms with van der Waals surface area (Å²) in [4.78, 5) is 4.30. The summed E-state index contributed by atoms with van der Waals surface area (Å²) < 4.78 is 27.2. The van der Waals surface area contributed by atoms with Crippen LogP contribution in [0, 0.1) is 0 Å². The molecule has 1 aromatic heterocycles. The van der Waals surface area contributed by atoms with Gasteiger partial charge in [-0.2, -0.15) is 4.31 Å². The van der Waals surface area contributed by atoms with Crippen molar-refractivity contribution in [3.63, 3.8) is 0 Å². The predicted octanol–water partition coefficient (Wildman–Crippen LogP) is 3.59. The molecule has 0 radical (unpaired) electrons. The second-order valence-corrected chi connectivity index (χ2v) is 8.50. The fourth-order valence-electron chi connectivity index (χ4n) is 2.33. The molecule has 23 heavy (non-hydrogen) atoms. The Kier molecular flexibility index (Phi) is 5.22. The lowest BCUT2D eigenvalue weighted by atomic mass is 9.87. The first-order valence-electron chi connectivity index (χ1n) is 7.74. The summed E-state index contributed by atoms with van der Waals surface area (Å²) in [6, 6.07) is 10.9. The summed E-state index contributed by atoms with van der Waals surface area (Å²) in [7, 11) is -3.50. The molecule has 0 saturated carbocycles. The van der Waals surface area contributed by atoms with Crippen LogP contribution in [0.3, 0.4) is 0 Å². The highest BCUT2D eigenvalue weighted by atomic mass is 32.2. The number of rotatable bonds is 5. The van der Waals surface area contributed by atoms with Crippen molar-refractivity contribution in [2.45, 2.75) is 44.6 Å². The first kappa shape index (κ1) is 17.6. The Hall–Kier alpha value is -1.72. The van der Waals surface area contributed by atoms with E-state index < -0.39 is 10.0 Å². The Bertz CT molecular complexity index is 733. The van der Waals surface area contributed by atoms with Crippen molar-refractivity contribution in [3.8, 4) is 0 Å². The van der Waals surface area contributed by atoms with Gasteiger partial charge in [-0.05, 0) is 40.8 Å². The maximum Gasteiger partial charge on any atom is 0.243 e. The van der Waals surface area contributed by atoms with Gasteiger partial charge in [0.25, 0.3) is 0 Å². The molecule has 0 fully saturated rings. The summed E-state index contributed by atoms with van der Waals surface area (Å²) >= 11 is 0. The first-order chi connectivity index (χ1) is 10.7. The minimum absolute atomic E-state index is 0.00374. The molecule has 4 nitrogen and oxygen atoms in total. The highest BCUT2D eigenvalue weighted by Crippen LogP contribution is 2.25. The molecule has 0 amide bonds. The van der Waals surface area contributed by atoms with E-state index in [9.17, 15) is 8.42 Å². The van der Waals surface area contributed by atoms with Gasteiger partial charge in [-0.25, -0.2) is 8.42 Å². The smallest absolute Gasteiger partial charge is 0.243 e. The van der Waals surface area contributed by atoms with Gasteiger partial charge in [0.05, 0.1) is 4.90 Å². The summed E-state index contributed by atoms with van der Waals surface area (Å²) in [6.07, 6.45) is 3.35. The largest absolute Gasteiger partial charge is 0.265 e. The maximum atomic E-state index is 12.8. The highest BCUT2D eigenvalue weighted by molar-refractivity contribution is 7.89. The molecule has 0 unspecified atom stereocenters. The van der Waals surface area contributed by atoms with E-state index in [4.69, 9.17) is 0 Å². The third-order valence-electron chi connectivity index (χ3n) is 3.82. The zero-order valence-corrected chi connectivity index (χ0v) is 15.0. The zero-order valence-electron chi connectivity index (χ0n) is 14.2. The molecule has 0 aliphatic heterocycles. The van der Waals surface area contributed by atoms with Crippen LogP contribution in [0.1, 0.15) is 38.8 Å². The average Bonchev–Trinajstić information content (AvgIpc) is 2.52. The molecule has 5 heteroatoms. The van der Waals surface area contributed by atoms with Crippen molar-refractivity contribution in [2.24, 2.45) is 0 Å². The van der Waals surface area contributed by atoms with E-state index in [0.717, 1.165) is 11.1 Å². The molecule has 1 aromatic carbocycles. The molecule has 2 rings (SSSR count). The highest BCUT2D eigenvalue weighted by Gasteiger charge is 2.24. The van der Waals surface area contributed by atoms with Gasteiger partial charge in [-0.15, -0.1) is 0 Å². The maximum absolute atomic E-state index is 12.8. The minimum atomic E-state index is -3.50. The molecule has 0 aliphatic rings. The number of nitrogens with zero attached hydrogens (tertiary/aromatic N) is 2. The zero-order chi connectivity index (χ0) is 17.1. The quantitative estimate of drug-likeness (QED) is 0.841. The second-order valence-electron chi connectivity index (χ2n) is 6.56. The molecule has 0 N–H and O–H groups in total. The monoisotopic (exact) mass is 332 g/mol. The number of hydrogen-bond acceptors (Lipinski definition) is 3. The van der Waals surface area contributed by atoms with Crippen LogP contribution in [0.2, 0.25) is 0 Å². The first-order valence-corrected chi connectivity index (χ1v) is 9.18. The summed E-state index contributed by atoms with van der Waals surface area (Å²) in [5.74, 6) is 0. The van der Waals surface area contributed by atoms with E-state index >= 15 is 0 Å². The molecule has 1 heterocycles. The molecule has 2 aromatic rings. The van der Waals surface area contributed by atoms with Gasteiger partial charge >= 0.3 is 0 Å². The third kappa shape index (κ3) is 4.18. The van der Waals surface area contributed by atoms with Crippen LogP contribution >= 0.6 is 0 Å². The Labute approximate surface area is 139 Å². The number of pyridine rings is 1. The van der Waals surface area contributed by atoms with E-state index in [0.29, 0.717) is 18.0 Å². The van der Waals surface area contributed by atoms with Crippen LogP contribution in [-0.4, -0.2) is 24.3 Å². The third-order valence-corrected chi connectivity index (χ3v) is 5.75. The van der Waals surface area contributed by atoms with Gasteiger partial charge < -0.3 is 0 Å². The number of aromatic nitrogens is 1. The SMILES string of the molecule is CCN(Cc1ccncc1)S(=O)(=O)c1ccc(C(C)(C)C)cc1. The van der Waals surface area contributed by atoms with Crippen molar-refractivity contribution in [1.82, 2.24) is 9.29 Å². The van der Waals surface area contributed by atoms with Crippen LogP contribution in [0.4, 0.5) is 0 Å². The van der Waals surface area contributed by atoms with Gasteiger partial charge in [0.15, 0.2) is 0 Å². The van der Waals surface area contributed by atoms with Crippen molar-refractivity contribution < 1.29 is 8.42 Å². The fourth-order valence-corrected chi connectivity index (χ4v) is 3.77. The second kappa shape index (κ2) is 6.81.